The summed E-state index contributed by atoms with van der Waals surface area (Å²) >= 11 is 0. The third kappa shape index (κ3) is 19.0. The molecule has 0 saturated heterocycles. The van der Waals surface area contributed by atoms with E-state index in [2.05, 4.69) is 29.8 Å². The van der Waals surface area contributed by atoms with Crippen molar-refractivity contribution in [1.82, 2.24) is 16.0 Å². The van der Waals surface area contributed by atoms with Gasteiger partial charge in [0, 0.05) is 99.6 Å². The Kier molecular flexibility index (Phi) is 24.6. The smallest absolute Gasteiger partial charge is 0.244 e. The van der Waals surface area contributed by atoms with Gasteiger partial charge in [0.15, 0.2) is 0 Å². The quantitative estimate of drug-likeness (QED) is 0.186. The molecule has 144 valence electrons. The van der Waals surface area contributed by atoms with Crippen LogP contribution in [0.25, 0.3) is 0 Å². The minimum Gasteiger partial charge on any atom is -0.379 e. The molecule has 3 amide bonds. The zero-order chi connectivity index (χ0) is 16.8. The zero-order valence-corrected chi connectivity index (χ0v) is 18.2. The van der Waals surface area contributed by atoms with Gasteiger partial charge in [-0.2, -0.15) is 0 Å². The number of ether oxygens (including phenoxy) is 2. The van der Waals surface area contributed by atoms with Crippen LogP contribution in [0.5, 0.6) is 0 Å². The van der Waals surface area contributed by atoms with Crippen molar-refractivity contribution in [2.24, 2.45) is 0 Å². The SMILES string of the molecule is [CH2-]C(=O)NCC(NC([CH2-])=O)C(=O)NCCOCCOCCC.[Gd].[Gd]. The Labute approximate surface area is 207 Å². The van der Waals surface area contributed by atoms with Crippen LogP contribution in [0.15, 0.2) is 0 Å². The first-order valence-electron chi connectivity index (χ1n) is 7.12. The number of carbonyl (C=O) groups is 3. The standard InChI is InChI=1S/C14H25N3O5.2Gd/c1-4-6-21-8-9-22-7-5-15-14(20)13(17-12(3)19)10-16-11(2)18;;/h13H,2-10H2,1H3,(H,15,20)(H,16,18)(H,17,19);;/q-2;;. The molecule has 0 aromatic rings. The number of rotatable bonds is 12. The topological polar surface area (TPSA) is 106 Å². The van der Waals surface area contributed by atoms with Gasteiger partial charge in [0.2, 0.25) is 5.91 Å². The minimum atomic E-state index is -0.899. The van der Waals surface area contributed by atoms with Crippen LogP contribution in [0, 0.1) is 93.7 Å². The first-order valence-corrected chi connectivity index (χ1v) is 7.12. The van der Waals surface area contributed by atoms with Crippen LogP contribution in [0.1, 0.15) is 13.3 Å². The molecule has 0 rings (SSSR count). The molecule has 0 heterocycles. The van der Waals surface area contributed by atoms with E-state index in [4.69, 9.17) is 9.47 Å². The third-order valence-corrected chi connectivity index (χ3v) is 2.42. The average molecular weight is 630 g/mol. The molecule has 0 bridgehead atoms. The summed E-state index contributed by atoms with van der Waals surface area (Å²) in [5, 5.41) is 7.30. The molecule has 0 saturated carbocycles. The molecule has 10 heteroatoms. The zero-order valence-electron chi connectivity index (χ0n) is 13.7. The van der Waals surface area contributed by atoms with Crippen LogP contribution >= 0.6 is 0 Å². The van der Waals surface area contributed by atoms with Crippen LogP contribution in [0.4, 0.5) is 0 Å². The Morgan fingerprint density at radius 2 is 1.50 bits per heavy atom. The maximum Gasteiger partial charge on any atom is 0.244 e. The van der Waals surface area contributed by atoms with Crippen molar-refractivity contribution in [1.29, 1.82) is 0 Å². The summed E-state index contributed by atoms with van der Waals surface area (Å²) in [4.78, 5) is 33.5. The Morgan fingerprint density at radius 1 is 0.917 bits per heavy atom. The van der Waals surface area contributed by atoms with Crippen molar-refractivity contribution < 1.29 is 104 Å². The molecule has 1 atom stereocenters. The number of carbonyl (C=O) groups excluding carboxylic acids is 3. The number of nitrogens with one attached hydrogen (secondary N) is 3. The van der Waals surface area contributed by atoms with Crippen molar-refractivity contribution in [2.75, 3.05) is 39.5 Å². The van der Waals surface area contributed by atoms with Gasteiger partial charge in [-0.1, -0.05) is 6.92 Å². The fourth-order valence-electron chi connectivity index (χ4n) is 1.46. The first-order chi connectivity index (χ1) is 10.5. The molecule has 0 aromatic heterocycles. The second-order valence-corrected chi connectivity index (χ2v) is 4.44. The monoisotopic (exact) mass is 631 g/mol. The molecule has 0 aliphatic rings. The van der Waals surface area contributed by atoms with Gasteiger partial charge >= 0.3 is 0 Å². The maximum absolute atomic E-state index is 11.9. The van der Waals surface area contributed by atoms with Gasteiger partial charge < -0.3 is 48.9 Å². The molecule has 0 fully saturated rings. The minimum absolute atomic E-state index is 0. The molecule has 3 N–H and O–H groups in total. The summed E-state index contributed by atoms with van der Waals surface area (Å²) in [6, 6.07) is -0.899. The van der Waals surface area contributed by atoms with Gasteiger partial charge in [0.1, 0.15) is 6.04 Å². The average Bonchev–Trinajstić information content (AvgIpc) is 2.45. The summed E-state index contributed by atoms with van der Waals surface area (Å²) in [7, 11) is 0. The van der Waals surface area contributed by atoms with Gasteiger partial charge in [0.25, 0.3) is 0 Å². The summed E-state index contributed by atoms with van der Waals surface area (Å²) in [5.41, 5.74) is 0. The molecule has 0 aliphatic heterocycles. The Balaban J connectivity index is -0.00000220. The second-order valence-electron chi connectivity index (χ2n) is 4.44. The second kappa shape index (κ2) is 20.0. The Morgan fingerprint density at radius 3 is 2.00 bits per heavy atom. The van der Waals surface area contributed by atoms with E-state index in [1.807, 2.05) is 6.92 Å². The van der Waals surface area contributed by atoms with E-state index in [1.165, 1.54) is 0 Å². The van der Waals surface area contributed by atoms with Gasteiger partial charge in [0.05, 0.1) is 31.6 Å². The van der Waals surface area contributed by atoms with E-state index in [9.17, 15) is 14.4 Å². The number of hydrogen-bond acceptors (Lipinski definition) is 5. The molecular weight excluding hydrogens is 605 g/mol. The molecule has 8 nitrogen and oxygen atoms in total. The first kappa shape index (κ1) is 29.5. The van der Waals surface area contributed by atoms with Crippen molar-refractivity contribution in [3.63, 3.8) is 0 Å². The normalized spacial score (nSPS) is 10.5. The molecular formula is C14H25Gd2N3O5-2. The Hall–Kier alpha value is 0.719. The number of hydrogen-bond donors (Lipinski definition) is 3. The van der Waals surface area contributed by atoms with Crippen LogP contribution < -0.4 is 16.0 Å². The predicted octanol–water partition coefficient (Wildman–Crippen LogP) is -1.19. The van der Waals surface area contributed by atoms with Crippen molar-refractivity contribution in [3.8, 4) is 0 Å². The molecule has 0 radical (unpaired) electrons. The van der Waals surface area contributed by atoms with E-state index in [-0.39, 0.29) is 93.0 Å². The van der Waals surface area contributed by atoms with Gasteiger partial charge in [-0.05, 0) is 6.42 Å². The van der Waals surface area contributed by atoms with Crippen molar-refractivity contribution >= 4 is 17.7 Å². The molecule has 0 aliphatic carbocycles. The molecule has 0 spiro atoms. The van der Waals surface area contributed by atoms with Crippen molar-refractivity contribution in [2.45, 2.75) is 19.4 Å². The molecule has 1 unspecified atom stereocenters. The van der Waals surface area contributed by atoms with Crippen LogP contribution in [0.2, 0.25) is 0 Å². The third-order valence-electron chi connectivity index (χ3n) is 2.42. The summed E-state index contributed by atoms with van der Waals surface area (Å²) in [5.74, 6) is -1.58. The predicted molar refractivity (Wildman–Crippen MR) is 80.6 cm³/mol. The van der Waals surface area contributed by atoms with E-state index < -0.39 is 23.8 Å². The van der Waals surface area contributed by atoms with Crippen molar-refractivity contribution in [3.05, 3.63) is 13.8 Å². The van der Waals surface area contributed by atoms with E-state index >= 15 is 0 Å². The van der Waals surface area contributed by atoms with Gasteiger partial charge in [-0.3, -0.25) is 4.79 Å². The Bertz CT molecular complexity index is 359. The van der Waals surface area contributed by atoms with E-state index in [1.54, 1.807) is 0 Å². The summed E-state index contributed by atoms with van der Waals surface area (Å²) < 4.78 is 10.5. The largest absolute Gasteiger partial charge is 0.379 e. The fourth-order valence-corrected chi connectivity index (χ4v) is 1.46. The van der Waals surface area contributed by atoms with E-state index in [0.717, 1.165) is 6.42 Å². The summed E-state index contributed by atoms with van der Waals surface area (Å²) in [6.07, 6.45) is 0.958. The van der Waals surface area contributed by atoms with Gasteiger partial charge in [-0.15, -0.1) is 0 Å². The fraction of sp³-hybridized carbons (Fsp3) is 0.643. The molecule has 24 heavy (non-hydrogen) atoms. The van der Waals surface area contributed by atoms with E-state index in [0.29, 0.717) is 26.4 Å². The number of amides is 3. The van der Waals surface area contributed by atoms with Crippen LogP contribution in [-0.2, 0) is 23.9 Å². The summed E-state index contributed by atoms with van der Waals surface area (Å²) in [6.45, 7) is 10.5. The van der Waals surface area contributed by atoms with Gasteiger partial charge in [-0.25, -0.2) is 0 Å². The van der Waals surface area contributed by atoms with Crippen LogP contribution in [-0.4, -0.2) is 63.3 Å². The molecule has 0 aromatic carbocycles. The van der Waals surface area contributed by atoms with Crippen LogP contribution in [0.3, 0.4) is 0 Å². The maximum atomic E-state index is 11.9.